The van der Waals surface area contributed by atoms with Crippen molar-refractivity contribution < 1.29 is 39.5 Å². The van der Waals surface area contributed by atoms with Crippen LogP contribution >= 0.6 is 11.6 Å². The van der Waals surface area contributed by atoms with Crippen molar-refractivity contribution in [1.29, 1.82) is 0 Å². The van der Waals surface area contributed by atoms with Gasteiger partial charge in [0.05, 0.1) is 22.3 Å². The Kier molecular flexibility index (Phi) is 15.5. The van der Waals surface area contributed by atoms with Gasteiger partial charge in [0, 0.05) is 100 Å². The third-order valence-electron chi connectivity index (χ3n) is 13.2. The van der Waals surface area contributed by atoms with Gasteiger partial charge >= 0.3 is 5.51 Å². The number of alkyl halides is 3. The van der Waals surface area contributed by atoms with Crippen molar-refractivity contribution in [3.05, 3.63) is 107 Å². The number of sulfonamides is 1. The van der Waals surface area contributed by atoms with Crippen LogP contribution in [0.4, 0.5) is 24.5 Å². The maximum atomic E-state index is 14.0. The molecule has 2 aromatic heterocycles. The molecule has 0 bridgehead atoms. The summed E-state index contributed by atoms with van der Waals surface area (Å²) < 4.78 is 103. The van der Waals surface area contributed by atoms with Gasteiger partial charge in [0.25, 0.3) is 25.8 Å². The first-order chi connectivity index (χ1) is 33.3. The molecule has 3 aliphatic rings. The first-order valence-electron chi connectivity index (χ1n) is 23.3. The van der Waals surface area contributed by atoms with Gasteiger partial charge in [0.2, 0.25) is 0 Å². The van der Waals surface area contributed by atoms with Crippen LogP contribution in [0.2, 0.25) is 5.02 Å². The molecule has 1 amide bonds. The van der Waals surface area contributed by atoms with Crippen LogP contribution in [0.3, 0.4) is 0 Å². The van der Waals surface area contributed by atoms with Crippen LogP contribution in [0.5, 0.6) is 11.5 Å². The molecule has 2 aliphatic heterocycles. The topological polar surface area (TPSA) is 172 Å². The Labute approximate surface area is 412 Å². The summed E-state index contributed by atoms with van der Waals surface area (Å²) in [5, 5.41) is 7.57. The predicted molar refractivity (Wildman–Crippen MR) is 267 cm³/mol. The minimum absolute atomic E-state index is 0.00864. The molecule has 15 nitrogen and oxygen atoms in total. The van der Waals surface area contributed by atoms with Crippen LogP contribution in [0.1, 0.15) is 48.5 Å². The number of nitrogens with zero attached hydrogens (tertiary/aromatic N) is 5. The van der Waals surface area contributed by atoms with Crippen LogP contribution in [-0.2, 0) is 19.9 Å². The van der Waals surface area contributed by atoms with Gasteiger partial charge in [-0.1, -0.05) is 36.2 Å². The number of hydrogen-bond donors (Lipinski definition) is 4. The number of aromatic amines is 1. The lowest BCUT2D eigenvalue weighted by atomic mass is 9.71. The molecule has 0 radical (unpaired) electrons. The average molecular weight is 1030 g/mol. The van der Waals surface area contributed by atoms with Gasteiger partial charge in [-0.2, -0.15) is 13.2 Å². The van der Waals surface area contributed by atoms with Crippen LogP contribution in [-0.4, -0.2) is 146 Å². The van der Waals surface area contributed by atoms with E-state index in [1.165, 1.54) is 29.0 Å². The van der Waals surface area contributed by atoms with Crippen molar-refractivity contribution >= 4 is 65.3 Å². The molecule has 8 rings (SSSR count). The number of nitrogens with one attached hydrogen (secondary N) is 4. The normalized spacial score (nSPS) is 18.9. The molecule has 1 aliphatic carbocycles. The maximum absolute atomic E-state index is 14.0. The zero-order chi connectivity index (χ0) is 49.8. The fourth-order valence-corrected chi connectivity index (χ4v) is 11.7. The maximum Gasteiger partial charge on any atom is 0.501 e. The lowest BCUT2D eigenvalue weighted by molar-refractivity contribution is -0.0435. The zero-order valence-electron chi connectivity index (χ0n) is 39.4. The fourth-order valence-electron chi connectivity index (χ4n) is 9.54. The molecule has 21 heteroatoms. The van der Waals surface area contributed by atoms with E-state index in [2.05, 4.69) is 54.4 Å². The second kappa shape index (κ2) is 21.2. The summed E-state index contributed by atoms with van der Waals surface area (Å²) in [5.41, 5.74) is -0.901. The molecule has 2 fully saturated rings. The molecular weight excluding hydrogens is 967 g/mol. The van der Waals surface area contributed by atoms with Crippen LogP contribution in [0.15, 0.2) is 101 Å². The van der Waals surface area contributed by atoms with E-state index in [4.69, 9.17) is 16.3 Å². The summed E-state index contributed by atoms with van der Waals surface area (Å²) in [5.74, 6) is -0.914. The number of H-pyrrole nitrogens is 1. The Morgan fingerprint density at radius 2 is 1.67 bits per heavy atom. The second-order valence-corrected chi connectivity index (χ2v) is 22.9. The van der Waals surface area contributed by atoms with Crippen molar-refractivity contribution in [3.63, 3.8) is 0 Å². The van der Waals surface area contributed by atoms with Crippen molar-refractivity contribution in [2.45, 2.75) is 47.9 Å². The highest BCUT2D eigenvalue weighted by molar-refractivity contribution is 7.92. The number of halogens is 4. The highest BCUT2D eigenvalue weighted by atomic mass is 35.5. The van der Waals surface area contributed by atoms with E-state index in [1.807, 2.05) is 21.8 Å². The highest BCUT2D eigenvalue weighted by Gasteiger charge is 2.48. The highest BCUT2D eigenvalue weighted by Crippen LogP contribution is 2.44. The molecular formula is C49H59ClF3N9O6S2. The summed E-state index contributed by atoms with van der Waals surface area (Å²) in [4.78, 5) is 28.3. The molecule has 70 heavy (non-hydrogen) atoms. The third kappa shape index (κ3) is 12.1. The van der Waals surface area contributed by atoms with Crippen molar-refractivity contribution in [1.82, 2.24) is 34.7 Å². The van der Waals surface area contributed by atoms with E-state index in [0.29, 0.717) is 48.5 Å². The average Bonchev–Trinajstić information content (AvgIpc) is 3.79. The Hall–Kier alpha value is -5.22. The molecule has 4 N–H and O–H groups in total. The quantitative estimate of drug-likeness (QED) is 0.0678. The van der Waals surface area contributed by atoms with Gasteiger partial charge in [0.15, 0.2) is 0 Å². The second-order valence-electron chi connectivity index (χ2n) is 18.9. The molecule has 3 aromatic carbocycles. The SMILES string of the molecule is CN(C)CCCNc1ccc(S(=O)(=O)NC(=O)c2ccc(N3CCN(CC4=C(c5ccc(Cl)cc5)CC[C@@](C)(CN5CCNCC5)C4)CC3)cc2Oc2cnc3[nH]ccc3c2)cc1S(=O)(=O)C(F)(F)F. The largest absolute Gasteiger partial charge is 0.501 e. The Morgan fingerprint density at radius 3 is 2.39 bits per heavy atom. The van der Waals surface area contributed by atoms with Crippen molar-refractivity contribution in [2.24, 2.45) is 5.41 Å². The number of hydrogen-bond acceptors (Lipinski definition) is 13. The molecule has 1 atom stereocenters. The van der Waals surface area contributed by atoms with E-state index in [-0.39, 0.29) is 29.0 Å². The fraction of sp³-hybridized carbons (Fsp3) is 0.429. The van der Waals surface area contributed by atoms with Crippen molar-refractivity contribution in [3.8, 4) is 11.5 Å². The summed E-state index contributed by atoms with van der Waals surface area (Å²) >= 11 is 6.31. The van der Waals surface area contributed by atoms with Crippen LogP contribution in [0, 0.1) is 5.41 Å². The summed E-state index contributed by atoms with van der Waals surface area (Å²) in [6, 6.07) is 18.7. The third-order valence-corrected chi connectivity index (χ3v) is 16.3. The number of piperazine rings is 2. The number of rotatable bonds is 17. The Bertz CT molecular complexity index is 2940. The van der Waals surface area contributed by atoms with Gasteiger partial charge in [-0.05, 0) is 117 Å². The van der Waals surface area contributed by atoms with E-state index in [9.17, 15) is 34.8 Å². The number of allylic oxidation sites excluding steroid dienone is 1. The molecule has 376 valence electrons. The number of anilines is 2. The number of fused-ring (bicyclic) bond motifs is 1. The smallest absolute Gasteiger partial charge is 0.455 e. The number of sulfone groups is 1. The molecule has 4 heterocycles. The molecule has 0 saturated carbocycles. The molecule has 2 saturated heterocycles. The van der Waals surface area contributed by atoms with Gasteiger partial charge in [-0.3, -0.25) is 9.69 Å². The summed E-state index contributed by atoms with van der Waals surface area (Å²) in [6.45, 7) is 11.8. The van der Waals surface area contributed by atoms with Crippen molar-refractivity contribution in [2.75, 3.05) is 103 Å². The number of aromatic nitrogens is 2. The Morgan fingerprint density at radius 1 is 0.929 bits per heavy atom. The number of carbonyl (C=O) groups is 1. The molecule has 0 unspecified atom stereocenters. The number of benzene rings is 3. The van der Waals surface area contributed by atoms with Gasteiger partial charge in [-0.15, -0.1) is 0 Å². The van der Waals surface area contributed by atoms with Gasteiger partial charge in [-0.25, -0.2) is 26.5 Å². The lowest BCUT2D eigenvalue weighted by Gasteiger charge is -2.43. The minimum Gasteiger partial charge on any atom is -0.455 e. The van der Waals surface area contributed by atoms with E-state index in [1.54, 1.807) is 44.6 Å². The zero-order valence-corrected chi connectivity index (χ0v) is 41.8. The Balaban J connectivity index is 1.02. The minimum atomic E-state index is -6.02. The number of ether oxygens (including phenoxy) is 1. The molecule has 5 aromatic rings. The number of carbonyl (C=O) groups excluding carboxylic acids is 1. The summed E-state index contributed by atoms with van der Waals surface area (Å²) in [6.07, 6.45) is 6.69. The monoisotopic (exact) mass is 1030 g/mol. The standard InChI is InChI=1S/C49H59ClF3N9O6S2/c1-48(33-61-21-18-54-19-22-61)15-13-41(34-5-7-37(50)8-6-34)36(30-48)32-60-23-25-62(26-24-60)38-9-11-42(44(28-38)68-39-27-35-14-17-56-46(35)57-31-39)47(63)58-70(66,67)40-10-12-43(55-16-4-20-59(2)3)45(29-40)69(64,65)49(51,52)53/h5-12,14,17,27-29,31,54-55H,4,13,15-16,18-26,30,32-33H2,1-3H3,(H,56,57)(H,58,63)/t48-/m1/s1. The van der Waals surface area contributed by atoms with Gasteiger partial charge in [0.1, 0.15) is 22.0 Å². The molecule has 0 spiro atoms. The summed E-state index contributed by atoms with van der Waals surface area (Å²) in [7, 11) is -7.38. The van der Waals surface area contributed by atoms with Gasteiger partial charge < -0.3 is 35.1 Å². The van der Waals surface area contributed by atoms with E-state index >= 15 is 0 Å². The van der Waals surface area contributed by atoms with Crippen LogP contribution in [0.25, 0.3) is 16.6 Å². The van der Waals surface area contributed by atoms with E-state index < -0.39 is 46.8 Å². The lowest BCUT2D eigenvalue weighted by Crippen LogP contribution is -2.49. The first kappa shape index (κ1) is 51.1. The first-order valence-corrected chi connectivity index (χ1v) is 26.6. The van der Waals surface area contributed by atoms with E-state index in [0.717, 1.165) is 89.1 Å². The van der Waals surface area contributed by atoms with Crippen LogP contribution < -0.4 is 25.0 Å². The predicted octanol–water partition coefficient (Wildman–Crippen LogP) is 7.46. The number of pyridine rings is 1. The number of amides is 1.